The highest BCUT2D eigenvalue weighted by Gasteiger charge is 2.11. The lowest BCUT2D eigenvalue weighted by molar-refractivity contribution is -0.123. The van der Waals surface area contributed by atoms with Gasteiger partial charge in [0.1, 0.15) is 11.5 Å². The van der Waals surface area contributed by atoms with Crippen LogP contribution < -0.4 is 25.6 Å². The van der Waals surface area contributed by atoms with E-state index >= 15 is 0 Å². The van der Waals surface area contributed by atoms with E-state index in [1.165, 1.54) is 7.11 Å². The summed E-state index contributed by atoms with van der Waals surface area (Å²) in [6.07, 6.45) is 0. The highest BCUT2D eigenvalue weighted by Crippen LogP contribution is 2.25. The number of benzene rings is 2. The van der Waals surface area contributed by atoms with Crippen LogP contribution in [0, 0.1) is 0 Å². The summed E-state index contributed by atoms with van der Waals surface area (Å²) in [5.41, 5.74) is 5.16. The van der Waals surface area contributed by atoms with Crippen LogP contribution in [0.25, 0.3) is 0 Å². The Kier molecular flexibility index (Phi) is 7.37. The number of thiocarbonyl (C=S) groups is 1. The van der Waals surface area contributed by atoms with Gasteiger partial charge in [-0.25, -0.2) is 0 Å². The molecule has 0 saturated carbocycles. The van der Waals surface area contributed by atoms with Crippen molar-refractivity contribution < 1.29 is 19.1 Å². The molecular weight excluding hydrogens is 422 g/mol. The summed E-state index contributed by atoms with van der Waals surface area (Å²) >= 11 is 8.28. The van der Waals surface area contributed by atoms with Gasteiger partial charge in [0.15, 0.2) is 11.7 Å². The number of para-hydroxylation sites is 1. The molecule has 3 N–H and O–H groups in total. The van der Waals surface area contributed by atoms with E-state index in [-0.39, 0.29) is 11.7 Å². The fraction of sp³-hybridized carbons (Fsp3) is 0.118. The van der Waals surface area contributed by atoms with Gasteiger partial charge in [0, 0.05) is 5.56 Å². The number of halogens is 1. The Morgan fingerprint density at radius 2 is 1.85 bits per heavy atom. The van der Waals surface area contributed by atoms with E-state index in [1.54, 1.807) is 42.5 Å². The maximum atomic E-state index is 12.1. The van der Waals surface area contributed by atoms with E-state index in [0.29, 0.717) is 21.5 Å². The topological polar surface area (TPSA) is 88.7 Å². The first-order chi connectivity index (χ1) is 12.5. The van der Waals surface area contributed by atoms with Gasteiger partial charge in [-0.2, -0.15) is 0 Å². The van der Waals surface area contributed by atoms with Crippen molar-refractivity contribution in [2.45, 2.75) is 0 Å². The van der Waals surface area contributed by atoms with Gasteiger partial charge in [-0.1, -0.05) is 18.2 Å². The van der Waals surface area contributed by atoms with Crippen LogP contribution in [0.15, 0.2) is 53.0 Å². The largest absolute Gasteiger partial charge is 0.496 e. The van der Waals surface area contributed by atoms with Gasteiger partial charge in [-0.15, -0.1) is 0 Å². The molecule has 26 heavy (non-hydrogen) atoms. The highest BCUT2D eigenvalue weighted by molar-refractivity contribution is 9.10. The van der Waals surface area contributed by atoms with Gasteiger partial charge >= 0.3 is 0 Å². The summed E-state index contributed by atoms with van der Waals surface area (Å²) in [6, 6.07) is 13.8. The van der Waals surface area contributed by atoms with E-state index < -0.39 is 11.8 Å². The van der Waals surface area contributed by atoms with Crippen LogP contribution in [-0.2, 0) is 4.79 Å². The Morgan fingerprint density at radius 3 is 2.50 bits per heavy atom. The first-order valence-corrected chi connectivity index (χ1v) is 8.61. The molecule has 0 aliphatic rings. The van der Waals surface area contributed by atoms with E-state index in [4.69, 9.17) is 21.7 Å². The van der Waals surface area contributed by atoms with Crippen molar-refractivity contribution in [3.63, 3.8) is 0 Å². The standard InChI is InChI=1S/C17H16BrN3O4S/c1-24-14-8-7-11(9-13(14)18)16(23)19-17(26)21-20-15(22)10-25-12-5-3-2-4-6-12/h2-9H,10H2,1H3,(H,20,22)(H2,19,21,23,26). The molecule has 7 nitrogen and oxygen atoms in total. The average molecular weight is 438 g/mol. The Balaban J connectivity index is 1.76. The molecule has 136 valence electrons. The number of carbonyl (C=O) groups is 2. The molecular formula is C17H16BrN3O4S. The van der Waals surface area contributed by atoms with Crippen LogP contribution in [-0.4, -0.2) is 30.6 Å². The third kappa shape index (κ3) is 6.01. The van der Waals surface area contributed by atoms with E-state index in [9.17, 15) is 9.59 Å². The zero-order chi connectivity index (χ0) is 18.9. The van der Waals surface area contributed by atoms with Crippen molar-refractivity contribution in [3.05, 3.63) is 58.6 Å². The lowest BCUT2D eigenvalue weighted by Gasteiger charge is -2.12. The number of hydrogen-bond acceptors (Lipinski definition) is 5. The minimum atomic E-state index is -0.447. The number of ether oxygens (including phenoxy) is 2. The number of methoxy groups -OCH3 is 1. The first-order valence-electron chi connectivity index (χ1n) is 7.41. The minimum absolute atomic E-state index is 0.0463. The second-order valence-electron chi connectivity index (χ2n) is 4.91. The molecule has 0 heterocycles. The number of nitrogens with one attached hydrogen (secondary N) is 3. The second-order valence-corrected chi connectivity index (χ2v) is 6.17. The van der Waals surface area contributed by atoms with Crippen molar-refractivity contribution in [2.75, 3.05) is 13.7 Å². The van der Waals surface area contributed by atoms with Crippen molar-refractivity contribution in [1.29, 1.82) is 0 Å². The number of rotatable bonds is 5. The summed E-state index contributed by atoms with van der Waals surface area (Å²) in [5.74, 6) is 0.301. The van der Waals surface area contributed by atoms with Crippen molar-refractivity contribution in [3.8, 4) is 11.5 Å². The Labute approximate surface area is 164 Å². The average Bonchev–Trinajstić information content (AvgIpc) is 2.65. The maximum absolute atomic E-state index is 12.1. The van der Waals surface area contributed by atoms with Crippen molar-refractivity contribution in [2.24, 2.45) is 0 Å². The molecule has 0 bridgehead atoms. The normalized spacial score (nSPS) is 9.77. The fourth-order valence-corrected chi connectivity index (χ4v) is 2.53. The zero-order valence-electron chi connectivity index (χ0n) is 13.7. The van der Waals surface area contributed by atoms with Crippen molar-refractivity contribution in [1.82, 2.24) is 16.2 Å². The van der Waals surface area contributed by atoms with E-state index in [1.807, 2.05) is 6.07 Å². The SMILES string of the molecule is COc1ccc(C(=O)NC(=S)NNC(=O)COc2ccccc2)cc1Br. The van der Waals surface area contributed by atoms with E-state index in [0.717, 1.165) is 0 Å². The van der Waals surface area contributed by atoms with Gasteiger partial charge in [-0.05, 0) is 58.5 Å². The van der Waals surface area contributed by atoms with Crippen LogP contribution in [0.4, 0.5) is 0 Å². The third-order valence-electron chi connectivity index (χ3n) is 3.07. The minimum Gasteiger partial charge on any atom is -0.496 e. The molecule has 0 atom stereocenters. The van der Waals surface area contributed by atoms with Gasteiger partial charge in [0.2, 0.25) is 0 Å². The molecule has 2 rings (SSSR count). The van der Waals surface area contributed by atoms with Crippen LogP contribution in [0.1, 0.15) is 10.4 Å². The van der Waals surface area contributed by atoms with Gasteiger partial charge in [-0.3, -0.25) is 25.8 Å². The first kappa shape index (κ1) is 19.7. The fourth-order valence-electron chi connectivity index (χ4n) is 1.84. The molecule has 0 unspecified atom stereocenters. The Hall–Kier alpha value is -2.65. The monoisotopic (exact) mass is 437 g/mol. The Bertz CT molecular complexity index is 802. The summed E-state index contributed by atoms with van der Waals surface area (Å²) in [5, 5.41) is 2.41. The number of hydrazine groups is 1. The lowest BCUT2D eigenvalue weighted by atomic mass is 10.2. The molecule has 9 heteroatoms. The lowest BCUT2D eigenvalue weighted by Crippen LogP contribution is -2.49. The van der Waals surface area contributed by atoms with Crippen LogP contribution in [0.2, 0.25) is 0 Å². The molecule has 0 spiro atoms. The molecule has 2 aromatic carbocycles. The molecule has 0 aromatic heterocycles. The summed E-state index contributed by atoms with van der Waals surface area (Å²) in [7, 11) is 1.53. The third-order valence-corrected chi connectivity index (χ3v) is 3.89. The molecule has 2 amide bonds. The van der Waals surface area contributed by atoms with Crippen molar-refractivity contribution >= 4 is 45.1 Å². The summed E-state index contributed by atoms with van der Waals surface area (Å²) in [4.78, 5) is 23.8. The quantitative estimate of drug-likeness (QED) is 0.490. The number of amides is 2. The summed E-state index contributed by atoms with van der Waals surface area (Å²) in [6.45, 7) is -0.195. The molecule has 0 fully saturated rings. The molecule has 0 saturated heterocycles. The summed E-state index contributed by atoms with van der Waals surface area (Å²) < 4.78 is 11.0. The maximum Gasteiger partial charge on any atom is 0.276 e. The predicted molar refractivity (Wildman–Crippen MR) is 104 cm³/mol. The highest BCUT2D eigenvalue weighted by atomic mass is 79.9. The molecule has 0 radical (unpaired) electrons. The predicted octanol–water partition coefficient (Wildman–Crippen LogP) is 2.17. The molecule has 0 aliphatic carbocycles. The van der Waals surface area contributed by atoms with Crippen LogP contribution >= 0.6 is 28.1 Å². The number of carbonyl (C=O) groups excluding carboxylic acids is 2. The molecule has 0 aliphatic heterocycles. The van der Waals surface area contributed by atoms with E-state index in [2.05, 4.69) is 32.1 Å². The van der Waals surface area contributed by atoms with Crippen LogP contribution in [0.3, 0.4) is 0 Å². The van der Waals surface area contributed by atoms with Gasteiger partial charge < -0.3 is 9.47 Å². The van der Waals surface area contributed by atoms with Crippen LogP contribution in [0.5, 0.6) is 11.5 Å². The van der Waals surface area contributed by atoms with Gasteiger partial charge in [0.25, 0.3) is 11.8 Å². The Morgan fingerprint density at radius 1 is 1.12 bits per heavy atom. The second kappa shape index (κ2) is 9.73. The van der Waals surface area contributed by atoms with Gasteiger partial charge in [0.05, 0.1) is 11.6 Å². The zero-order valence-corrected chi connectivity index (χ0v) is 16.1. The molecule has 2 aromatic rings. The smallest absolute Gasteiger partial charge is 0.276 e. The number of hydrogen-bond donors (Lipinski definition) is 3.